The molecule has 1 rings (SSSR count). The van der Waals surface area contributed by atoms with Crippen molar-refractivity contribution in [3.63, 3.8) is 0 Å². The van der Waals surface area contributed by atoms with Crippen molar-refractivity contribution in [2.75, 3.05) is 13.2 Å². The quantitative estimate of drug-likeness (QED) is 0.252. The summed E-state index contributed by atoms with van der Waals surface area (Å²) in [4.78, 5) is 12.2. The third-order valence-corrected chi connectivity index (χ3v) is 4.18. The van der Waals surface area contributed by atoms with Gasteiger partial charge in [0.05, 0.1) is 5.57 Å². The summed E-state index contributed by atoms with van der Waals surface area (Å²) in [6.45, 7) is 10.4. The van der Waals surface area contributed by atoms with Crippen LogP contribution in [0, 0.1) is 0 Å². The largest absolute Gasteiger partial charge is 0.454 e. The standard InChI is InChI=1S/C16H23IO4/c1-5-8-16(19-6-2,20-7-3)14-10-13(21-15(14)18)9-12(4)11-17/h5,10-11,13H,1,6-9H2,2-4H3/b12-11-. The molecule has 0 saturated heterocycles. The fraction of sp³-hybridized carbons (Fsp3) is 0.562. The Bertz CT molecular complexity index is 434. The van der Waals surface area contributed by atoms with E-state index in [1.165, 1.54) is 0 Å². The van der Waals surface area contributed by atoms with Crippen molar-refractivity contribution < 1.29 is 19.0 Å². The third kappa shape index (κ3) is 4.66. The summed E-state index contributed by atoms with van der Waals surface area (Å²) in [6, 6.07) is 0. The van der Waals surface area contributed by atoms with Crippen molar-refractivity contribution in [2.45, 2.75) is 45.5 Å². The number of hydrogen-bond acceptors (Lipinski definition) is 4. The number of carbonyl (C=O) groups is 1. The zero-order valence-electron chi connectivity index (χ0n) is 12.9. The molecule has 0 aromatic heterocycles. The summed E-state index contributed by atoms with van der Waals surface area (Å²) >= 11 is 2.18. The maximum absolute atomic E-state index is 12.2. The summed E-state index contributed by atoms with van der Waals surface area (Å²) in [5.74, 6) is -1.45. The molecule has 0 saturated carbocycles. The van der Waals surface area contributed by atoms with Crippen LogP contribution in [0.4, 0.5) is 0 Å². The molecule has 5 heteroatoms. The second-order valence-electron chi connectivity index (χ2n) is 4.80. The summed E-state index contributed by atoms with van der Waals surface area (Å²) in [5.41, 5.74) is 1.60. The second kappa shape index (κ2) is 8.70. The van der Waals surface area contributed by atoms with Crippen LogP contribution in [0.15, 0.2) is 34.0 Å². The third-order valence-electron chi connectivity index (χ3n) is 3.12. The van der Waals surface area contributed by atoms with Crippen LogP contribution in [0.1, 0.15) is 33.6 Å². The Morgan fingerprint density at radius 1 is 1.48 bits per heavy atom. The minimum atomic E-state index is -1.08. The lowest BCUT2D eigenvalue weighted by atomic mass is 10.0. The predicted molar refractivity (Wildman–Crippen MR) is 91.2 cm³/mol. The van der Waals surface area contributed by atoms with E-state index in [9.17, 15) is 4.79 Å². The highest BCUT2D eigenvalue weighted by Gasteiger charge is 2.44. The minimum absolute atomic E-state index is 0.261. The molecular weight excluding hydrogens is 383 g/mol. The molecule has 0 bridgehead atoms. The molecule has 1 atom stereocenters. The highest BCUT2D eigenvalue weighted by Crippen LogP contribution is 2.34. The normalized spacial score (nSPS) is 19.4. The lowest BCUT2D eigenvalue weighted by molar-refractivity contribution is -0.207. The van der Waals surface area contributed by atoms with Crippen LogP contribution in [0.2, 0.25) is 0 Å². The van der Waals surface area contributed by atoms with E-state index in [2.05, 4.69) is 29.2 Å². The van der Waals surface area contributed by atoms with Crippen LogP contribution >= 0.6 is 22.6 Å². The van der Waals surface area contributed by atoms with Gasteiger partial charge in [-0.2, -0.15) is 0 Å². The molecule has 1 heterocycles. The van der Waals surface area contributed by atoms with E-state index in [0.29, 0.717) is 31.6 Å². The molecule has 1 aliphatic rings. The van der Waals surface area contributed by atoms with Gasteiger partial charge in [-0.05, 0) is 30.9 Å². The van der Waals surface area contributed by atoms with Crippen LogP contribution in [-0.2, 0) is 19.0 Å². The first kappa shape index (κ1) is 18.4. The van der Waals surface area contributed by atoms with Crippen molar-refractivity contribution >= 4 is 28.6 Å². The van der Waals surface area contributed by atoms with Gasteiger partial charge in [0, 0.05) is 26.1 Å². The molecule has 0 aliphatic carbocycles. The zero-order chi connectivity index (χ0) is 15.9. The van der Waals surface area contributed by atoms with Crippen molar-refractivity contribution in [1.29, 1.82) is 0 Å². The summed E-state index contributed by atoms with van der Waals surface area (Å²) in [6.07, 6.45) is 4.34. The number of esters is 1. The van der Waals surface area contributed by atoms with Gasteiger partial charge in [-0.15, -0.1) is 6.58 Å². The van der Waals surface area contributed by atoms with E-state index in [1.807, 2.05) is 30.9 Å². The van der Waals surface area contributed by atoms with Gasteiger partial charge in [0.15, 0.2) is 0 Å². The van der Waals surface area contributed by atoms with Crippen LogP contribution in [0.25, 0.3) is 0 Å². The molecule has 0 aromatic carbocycles. The second-order valence-corrected chi connectivity index (χ2v) is 5.42. The molecule has 0 fully saturated rings. The number of ether oxygens (including phenoxy) is 3. The summed E-state index contributed by atoms with van der Waals surface area (Å²) < 4.78 is 18.9. The smallest absolute Gasteiger partial charge is 0.339 e. The molecule has 4 nitrogen and oxygen atoms in total. The highest BCUT2D eigenvalue weighted by atomic mass is 127. The molecular formula is C16H23IO4. The van der Waals surface area contributed by atoms with E-state index in [-0.39, 0.29) is 12.1 Å². The number of rotatable bonds is 9. The van der Waals surface area contributed by atoms with Crippen LogP contribution in [-0.4, -0.2) is 31.1 Å². The Balaban J connectivity index is 3.07. The highest BCUT2D eigenvalue weighted by molar-refractivity contribution is 14.1. The fourth-order valence-electron chi connectivity index (χ4n) is 2.32. The summed E-state index contributed by atoms with van der Waals surface area (Å²) in [5, 5.41) is 0. The molecule has 0 spiro atoms. The molecule has 0 radical (unpaired) electrons. The van der Waals surface area contributed by atoms with Gasteiger partial charge in [0.2, 0.25) is 5.79 Å². The van der Waals surface area contributed by atoms with Crippen LogP contribution in [0.5, 0.6) is 0 Å². The van der Waals surface area contributed by atoms with E-state index >= 15 is 0 Å². The number of hydrogen-bond donors (Lipinski definition) is 0. The predicted octanol–water partition coefficient (Wildman–Crippen LogP) is 3.91. The Morgan fingerprint density at radius 2 is 2.10 bits per heavy atom. The lowest BCUT2D eigenvalue weighted by Crippen LogP contribution is -2.40. The first-order valence-corrected chi connectivity index (χ1v) is 8.35. The molecule has 1 unspecified atom stereocenters. The monoisotopic (exact) mass is 406 g/mol. The molecule has 0 aromatic rings. The molecule has 0 amide bonds. The van der Waals surface area contributed by atoms with Crippen LogP contribution < -0.4 is 0 Å². The zero-order valence-corrected chi connectivity index (χ0v) is 15.0. The number of cyclic esters (lactones) is 1. The minimum Gasteiger partial charge on any atom is -0.454 e. The van der Waals surface area contributed by atoms with Crippen LogP contribution in [0.3, 0.4) is 0 Å². The molecule has 0 N–H and O–H groups in total. The van der Waals surface area contributed by atoms with Gasteiger partial charge in [-0.3, -0.25) is 0 Å². The maximum Gasteiger partial charge on any atom is 0.339 e. The first-order valence-electron chi connectivity index (χ1n) is 7.10. The number of halogens is 1. The number of carbonyl (C=O) groups excluding carboxylic acids is 1. The van der Waals surface area contributed by atoms with Crippen molar-refractivity contribution in [3.05, 3.63) is 34.0 Å². The van der Waals surface area contributed by atoms with E-state index in [1.54, 1.807) is 6.08 Å². The fourth-order valence-corrected chi connectivity index (χ4v) is 2.57. The molecule has 118 valence electrons. The van der Waals surface area contributed by atoms with Crippen molar-refractivity contribution in [2.24, 2.45) is 0 Å². The lowest BCUT2D eigenvalue weighted by Gasteiger charge is -2.32. The van der Waals surface area contributed by atoms with Gasteiger partial charge in [0.25, 0.3) is 0 Å². The molecule has 21 heavy (non-hydrogen) atoms. The summed E-state index contributed by atoms with van der Waals surface area (Å²) in [7, 11) is 0. The Kier molecular flexibility index (Phi) is 7.62. The molecule has 1 aliphatic heterocycles. The van der Waals surface area contributed by atoms with Gasteiger partial charge in [-0.25, -0.2) is 4.79 Å². The van der Waals surface area contributed by atoms with E-state index in [4.69, 9.17) is 14.2 Å². The topological polar surface area (TPSA) is 44.8 Å². The Labute approximate surface area is 140 Å². The van der Waals surface area contributed by atoms with Gasteiger partial charge >= 0.3 is 5.97 Å². The van der Waals surface area contributed by atoms with E-state index < -0.39 is 5.79 Å². The van der Waals surface area contributed by atoms with Gasteiger partial charge in [0.1, 0.15) is 6.10 Å². The van der Waals surface area contributed by atoms with Crippen molar-refractivity contribution in [1.82, 2.24) is 0 Å². The Hall–Kier alpha value is -0.660. The maximum atomic E-state index is 12.2. The van der Waals surface area contributed by atoms with Gasteiger partial charge in [-0.1, -0.05) is 34.2 Å². The van der Waals surface area contributed by atoms with E-state index in [0.717, 1.165) is 5.57 Å². The first-order chi connectivity index (χ1) is 10.0. The van der Waals surface area contributed by atoms with Crippen molar-refractivity contribution in [3.8, 4) is 0 Å². The van der Waals surface area contributed by atoms with Gasteiger partial charge < -0.3 is 14.2 Å². The average Bonchev–Trinajstić information content (AvgIpc) is 2.80. The SMILES string of the molecule is C=CCC(OCC)(OCC)C1=CC(C/C(C)=C\I)OC1=O. The Morgan fingerprint density at radius 3 is 2.57 bits per heavy atom. The average molecular weight is 406 g/mol.